The van der Waals surface area contributed by atoms with Crippen molar-refractivity contribution in [2.75, 3.05) is 13.0 Å². The van der Waals surface area contributed by atoms with Crippen LogP contribution in [0, 0.1) is 5.92 Å². The van der Waals surface area contributed by atoms with Crippen molar-refractivity contribution in [1.82, 2.24) is 4.90 Å². The second-order valence-corrected chi connectivity index (χ2v) is 4.00. The predicted octanol–water partition coefficient (Wildman–Crippen LogP) is 2.92. The molecule has 1 heterocycles. The summed E-state index contributed by atoms with van der Waals surface area (Å²) < 4.78 is 24.2. The zero-order valence-corrected chi connectivity index (χ0v) is 8.61. The van der Waals surface area contributed by atoms with Gasteiger partial charge in [0.1, 0.15) is 0 Å². The first-order valence-electron chi connectivity index (χ1n) is 6.80. The molecule has 0 amide bonds. The predicted molar refractivity (Wildman–Crippen MR) is 60.1 cm³/mol. The van der Waals surface area contributed by atoms with Crippen molar-refractivity contribution >= 4 is 0 Å². The zero-order chi connectivity index (χ0) is 12.5. The van der Waals surface area contributed by atoms with E-state index in [9.17, 15) is 0 Å². The Kier molecular flexibility index (Phi) is 2.18. The van der Waals surface area contributed by atoms with E-state index in [1.807, 2.05) is 37.3 Å². The van der Waals surface area contributed by atoms with Gasteiger partial charge in [-0.3, -0.25) is 4.90 Å². The van der Waals surface area contributed by atoms with Gasteiger partial charge in [0.2, 0.25) is 0 Å². The van der Waals surface area contributed by atoms with Crippen LogP contribution in [0.25, 0.3) is 0 Å². The van der Waals surface area contributed by atoms with Crippen LogP contribution in [-0.2, 0) is 6.54 Å². The number of rotatable bonds is 2. The van der Waals surface area contributed by atoms with E-state index >= 15 is 0 Å². The first-order chi connectivity index (χ1) is 7.99. The second-order valence-electron chi connectivity index (χ2n) is 4.00. The molecule has 1 aromatic rings. The largest absolute Gasteiger partial charge is 0.299 e. The highest BCUT2D eigenvalue weighted by Gasteiger charge is 2.15. The van der Waals surface area contributed by atoms with Gasteiger partial charge in [-0.25, -0.2) is 0 Å². The van der Waals surface area contributed by atoms with Gasteiger partial charge in [-0.2, -0.15) is 0 Å². The molecule has 1 fully saturated rings. The molecular formula is C13H19N. The number of hydrogen-bond donors (Lipinski definition) is 0. The first kappa shape index (κ1) is 6.62. The number of likely N-dealkylation sites (tertiary alicyclic amines) is 1. The molecule has 0 N–H and O–H groups in total. The lowest BCUT2D eigenvalue weighted by molar-refractivity contribution is 0.185. The van der Waals surface area contributed by atoms with Crippen LogP contribution < -0.4 is 0 Å². The lowest BCUT2D eigenvalue weighted by Gasteiger charge is -2.30. The van der Waals surface area contributed by atoms with E-state index in [0.717, 1.165) is 12.0 Å². The van der Waals surface area contributed by atoms with Gasteiger partial charge in [0.05, 0.1) is 0 Å². The van der Waals surface area contributed by atoms with E-state index < -0.39 is 13.0 Å². The topological polar surface area (TPSA) is 3.24 Å². The fourth-order valence-corrected chi connectivity index (χ4v) is 1.63. The Morgan fingerprint density at radius 1 is 1.36 bits per heavy atom. The van der Waals surface area contributed by atoms with Crippen molar-refractivity contribution < 1.29 is 4.11 Å². The maximum Gasteiger partial charge on any atom is 0.0431 e. The van der Waals surface area contributed by atoms with E-state index in [1.54, 1.807) is 4.90 Å². The van der Waals surface area contributed by atoms with Crippen molar-refractivity contribution in [1.29, 1.82) is 0 Å². The van der Waals surface area contributed by atoms with E-state index in [4.69, 9.17) is 4.11 Å². The molecule has 0 aliphatic carbocycles. The highest BCUT2D eigenvalue weighted by Crippen LogP contribution is 2.17. The van der Waals surface area contributed by atoms with Crippen molar-refractivity contribution in [3.05, 3.63) is 35.9 Å². The van der Waals surface area contributed by atoms with E-state index in [2.05, 4.69) is 0 Å². The highest BCUT2D eigenvalue weighted by molar-refractivity contribution is 5.14. The Labute approximate surface area is 91.0 Å². The minimum Gasteiger partial charge on any atom is -0.299 e. The highest BCUT2D eigenvalue weighted by atomic mass is 15.1. The minimum atomic E-state index is -1.36. The fraction of sp³-hybridized carbons (Fsp3) is 0.538. The van der Waals surface area contributed by atoms with Gasteiger partial charge in [0, 0.05) is 10.7 Å². The van der Waals surface area contributed by atoms with Crippen LogP contribution in [-0.4, -0.2) is 17.9 Å². The molecule has 2 rings (SSSR count). The lowest BCUT2D eigenvalue weighted by Crippen LogP contribution is -2.32. The molecule has 0 saturated carbocycles. The lowest BCUT2D eigenvalue weighted by atomic mass is 9.99. The summed E-state index contributed by atoms with van der Waals surface area (Å²) >= 11 is 0. The van der Waals surface area contributed by atoms with Crippen LogP contribution in [0.4, 0.5) is 0 Å². The van der Waals surface area contributed by atoms with Crippen LogP contribution in [0.1, 0.15) is 29.4 Å². The van der Waals surface area contributed by atoms with Crippen LogP contribution >= 0.6 is 0 Å². The molecule has 1 aliphatic rings. The maximum absolute atomic E-state index is 8.07. The van der Waals surface area contributed by atoms with Crippen molar-refractivity contribution in [3.8, 4) is 0 Å². The van der Waals surface area contributed by atoms with Gasteiger partial charge in [-0.05, 0) is 37.3 Å². The van der Waals surface area contributed by atoms with Crippen LogP contribution in [0.15, 0.2) is 30.3 Å². The van der Waals surface area contributed by atoms with E-state index in [0.29, 0.717) is 18.9 Å². The fourth-order valence-electron chi connectivity index (χ4n) is 1.63. The van der Waals surface area contributed by atoms with Gasteiger partial charge < -0.3 is 0 Å². The third kappa shape index (κ3) is 2.58. The second kappa shape index (κ2) is 4.61. The summed E-state index contributed by atoms with van der Waals surface area (Å²) in [6, 6.07) is 9.84. The zero-order valence-electron chi connectivity index (χ0n) is 11.6. The molecule has 1 nitrogen and oxygen atoms in total. The molecule has 0 aromatic heterocycles. The molecule has 76 valence electrons. The molecule has 14 heavy (non-hydrogen) atoms. The molecule has 0 spiro atoms. The number of hydrogen-bond acceptors (Lipinski definition) is 1. The Balaban J connectivity index is 2.13. The molecule has 2 atom stereocenters. The Morgan fingerprint density at radius 2 is 2.14 bits per heavy atom. The SMILES string of the molecule is [2H]C1C[C@@H](C)CC([2H])([2H])N1Cc1ccccc1. The molecule has 0 radical (unpaired) electrons. The summed E-state index contributed by atoms with van der Waals surface area (Å²) in [6.45, 7) is 0.752. The van der Waals surface area contributed by atoms with E-state index in [-0.39, 0.29) is 0 Å². The van der Waals surface area contributed by atoms with Gasteiger partial charge in [-0.15, -0.1) is 0 Å². The Hall–Kier alpha value is -0.820. The molecular weight excluding hydrogens is 170 g/mol. The van der Waals surface area contributed by atoms with Gasteiger partial charge >= 0.3 is 0 Å². The summed E-state index contributed by atoms with van der Waals surface area (Å²) in [6.07, 6.45) is 1.28. The summed E-state index contributed by atoms with van der Waals surface area (Å²) in [5, 5.41) is 0. The molecule has 0 bridgehead atoms. The minimum absolute atomic E-state index is 0.291. The normalized spacial score (nSPS) is 35.6. The summed E-state index contributed by atoms with van der Waals surface area (Å²) in [5.41, 5.74) is 1.07. The Bertz CT molecular complexity index is 366. The third-order valence-electron chi connectivity index (χ3n) is 2.57. The maximum atomic E-state index is 8.07. The quantitative estimate of drug-likeness (QED) is 0.696. The average Bonchev–Trinajstić information content (AvgIpc) is 2.24. The third-order valence-corrected chi connectivity index (χ3v) is 2.57. The van der Waals surface area contributed by atoms with Gasteiger partial charge in [0.25, 0.3) is 0 Å². The molecule has 1 heteroatoms. The number of benzene rings is 1. The van der Waals surface area contributed by atoms with Gasteiger partial charge in [-0.1, -0.05) is 37.3 Å². The molecule has 1 unspecified atom stereocenters. The smallest absolute Gasteiger partial charge is 0.0431 e. The molecule has 1 aliphatic heterocycles. The van der Waals surface area contributed by atoms with E-state index in [1.165, 1.54) is 0 Å². The molecule has 1 aromatic carbocycles. The monoisotopic (exact) mass is 192 g/mol. The standard InChI is InChI=1S/C13H19N/c1-12-7-9-14(10-8-12)11-13-5-3-2-4-6-13/h2-6,12H,7-11H2,1H3/i9D,10D2/t9?,12-/m1/s1. The van der Waals surface area contributed by atoms with Gasteiger partial charge in [0.15, 0.2) is 0 Å². The van der Waals surface area contributed by atoms with Crippen molar-refractivity contribution in [2.24, 2.45) is 5.92 Å². The number of nitrogens with zero attached hydrogens (tertiary/aromatic N) is 1. The number of piperidine rings is 1. The van der Waals surface area contributed by atoms with Crippen molar-refractivity contribution in [3.63, 3.8) is 0 Å². The summed E-state index contributed by atoms with van der Waals surface area (Å²) in [7, 11) is 0. The van der Waals surface area contributed by atoms with Crippen molar-refractivity contribution in [2.45, 2.75) is 26.3 Å². The average molecular weight is 192 g/mol. The van der Waals surface area contributed by atoms with Crippen LogP contribution in [0.3, 0.4) is 0 Å². The Morgan fingerprint density at radius 3 is 2.86 bits per heavy atom. The summed E-state index contributed by atoms with van der Waals surface area (Å²) in [4.78, 5) is 1.67. The first-order valence-corrected chi connectivity index (χ1v) is 5.22. The molecule has 1 saturated heterocycles. The van der Waals surface area contributed by atoms with Crippen LogP contribution in [0.2, 0.25) is 0 Å². The summed E-state index contributed by atoms with van der Waals surface area (Å²) in [5.74, 6) is 0.291. The van der Waals surface area contributed by atoms with Crippen LogP contribution in [0.5, 0.6) is 0 Å².